The van der Waals surface area contributed by atoms with Crippen LogP contribution in [0.15, 0.2) is 94.5 Å². The van der Waals surface area contributed by atoms with Crippen LogP contribution in [-0.4, -0.2) is 25.5 Å². The Bertz CT molecular complexity index is 1640. The molecule has 0 fully saturated rings. The second-order valence-electron chi connectivity index (χ2n) is 7.38. The summed E-state index contributed by atoms with van der Waals surface area (Å²) in [6.07, 6.45) is 6.63. The van der Waals surface area contributed by atoms with Crippen LogP contribution in [0.4, 0.5) is 5.69 Å². The van der Waals surface area contributed by atoms with Crippen LogP contribution in [0.2, 0.25) is 0 Å². The molecular weight excluding hydrogens is 484 g/mol. The molecule has 10 nitrogen and oxygen atoms in total. The Kier molecular flexibility index (Phi) is 7.23. The largest absolute Gasteiger partial charge is 0.744 e. The summed E-state index contributed by atoms with van der Waals surface area (Å²) >= 11 is 0. The number of hydrogen-bond acceptors (Lipinski definition) is 9. The number of allylic oxidation sites excluding steroid dienone is 2. The summed E-state index contributed by atoms with van der Waals surface area (Å²) < 4.78 is 42.4. The molecule has 1 aliphatic carbocycles. The highest BCUT2D eigenvalue weighted by Crippen LogP contribution is 2.42. The number of aldehydes is 2. The van der Waals surface area contributed by atoms with Crippen molar-refractivity contribution in [1.82, 2.24) is 10.9 Å². The molecule has 1 heterocycles. The molecule has 11 heteroatoms. The molecule has 0 unspecified atom stereocenters. The lowest BCUT2D eigenvalue weighted by Gasteiger charge is -2.19. The first kappa shape index (κ1) is 24.4. The van der Waals surface area contributed by atoms with Crippen molar-refractivity contribution >= 4 is 39.3 Å². The van der Waals surface area contributed by atoms with E-state index in [0.717, 1.165) is 0 Å². The van der Waals surface area contributed by atoms with Gasteiger partial charge in [0.25, 0.3) is 0 Å². The number of carbonyl (C=O) groups is 2. The molecule has 0 spiro atoms. The molecule has 182 valence electrons. The zero-order chi connectivity index (χ0) is 25.5. The van der Waals surface area contributed by atoms with E-state index in [-0.39, 0.29) is 10.5 Å². The summed E-state index contributed by atoms with van der Waals surface area (Å²) in [5, 5.41) is 4.09. The van der Waals surface area contributed by atoms with Gasteiger partial charge in [-0.2, -0.15) is 5.43 Å². The van der Waals surface area contributed by atoms with E-state index in [1.165, 1.54) is 36.7 Å². The van der Waals surface area contributed by atoms with Gasteiger partial charge in [-0.25, -0.2) is 8.42 Å². The van der Waals surface area contributed by atoms with E-state index in [4.69, 9.17) is 4.42 Å². The van der Waals surface area contributed by atoms with E-state index in [1.807, 2.05) is 0 Å². The quantitative estimate of drug-likeness (QED) is 0.0857. The lowest BCUT2D eigenvalue weighted by Crippen LogP contribution is -2.84. The van der Waals surface area contributed by atoms with Crippen LogP contribution in [0.3, 0.4) is 0 Å². The van der Waals surface area contributed by atoms with E-state index in [1.54, 1.807) is 48.5 Å². The predicted octanol–water partition coefficient (Wildman–Crippen LogP) is 0.936. The smallest absolute Gasteiger partial charge is 0.230 e. The first-order valence-corrected chi connectivity index (χ1v) is 12.0. The van der Waals surface area contributed by atoms with Gasteiger partial charge >= 0.3 is 0 Å². The van der Waals surface area contributed by atoms with E-state index in [9.17, 15) is 22.6 Å². The number of anilines is 1. The molecule has 0 saturated heterocycles. The number of hydrogen-bond donors (Lipinski definition) is 4. The highest BCUT2D eigenvalue weighted by atomic mass is 32.2. The number of benzene rings is 3. The Balaban J connectivity index is 1.97. The molecule has 0 radical (unpaired) electrons. The van der Waals surface area contributed by atoms with Crippen LogP contribution in [0.1, 0.15) is 0 Å². The van der Waals surface area contributed by atoms with Crippen molar-refractivity contribution in [3.8, 4) is 22.5 Å². The average molecular weight is 505 g/mol. The van der Waals surface area contributed by atoms with Crippen LogP contribution in [0, 0.1) is 0 Å². The standard InChI is InChI=1S/C25H20N4O6S/c30-13-3-11-26-28-17-7-9-19-22(15-17)35-23-16-18(29-27-12-4-14-31)8-10-20(23)25(19)21-5-1-2-6-24(21)36(32,33)34/h1-16,26-28H,(H,32,33,34)/b11-3-,12-4-,29-18+. The third kappa shape index (κ3) is 5.32. The number of rotatable bonds is 9. The summed E-state index contributed by atoms with van der Waals surface area (Å²) in [7, 11) is -4.77. The van der Waals surface area contributed by atoms with Gasteiger partial charge in [0.2, 0.25) is 5.36 Å². The van der Waals surface area contributed by atoms with E-state index in [2.05, 4.69) is 21.4 Å². The Labute approximate surface area is 205 Å². The van der Waals surface area contributed by atoms with Crippen molar-refractivity contribution in [1.29, 1.82) is 0 Å². The zero-order valence-corrected chi connectivity index (χ0v) is 19.4. The summed E-state index contributed by atoms with van der Waals surface area (Å²) in [6, 6.07) is 16.4. The molecule has 0 amide bonds. The third-order valence-electron chi connectivity index (χ3n) is 5.10. The third-order valence-corrected chi connectivity index (χ3v) is 5.99. The normalized spacial score (nSPS) is 12.4. The fraction of sp³-hybridized carbons (Fsp3) is 0. The lowest BCUT2D eigenvalue weighted by atomic mass is 9.93. The van der Waals surface area contributed by atoms with Gasteiger partial charge in [-0.3, -0.25) is 9.59 Å². The fourth-order valence-corrected chi connectivity index (χ4v) is 4.34. The van der Waals surface area contributed by atoms with Crippen molar-refractivity contribution in [2.24, 2.45) is 0 Å². The monoisotopic (exact) mass is 504 g/mol. The summed E-state index contributed by atoms with van der Waals surface area (Å²) in [5.74, 6) is 0.410. The van der Waals surface area contributed by atoms with Gasteiger partial charge in [0.1, 0.15) is 34.0 Å². The number of carbonyl (C=O) groups excluding carboxylic acids is 2. The average Bonchev–Trinajstić information content (AvgIpc) is 2.87. The topological polar surface area (TPSA) is 155 Å². The molecule has 0 aromatic heterocycles. The number of fused-ring (bicyclic) bond motifs is 2. The minimum Gasteiger partial charge on any atom is -0.744 e. The summed E-state index contributed by atoms with van der Waals surface area (Å²) in [6.45, 7) is 0. The van der Waals surface area contributed by atoms with E-state index < -0.39 is 10.1 Å². The van der Waals surface area contributed by atoms with Crippen molar-refractivity contribution in [2.75, 3.05) is 5.43 Å². The van der Waals surface area contributed by atoms with Crippen molar-refractivity contribution in [3.63, 3.8) is 0 Å². The van der Waals surface area contributed by atoms with Gasteiger partial charge in [0.15, 0.2) is 0 Å². The zero-order valence-electron chi connectivity index (χ0n) is 18.6. The molecule has 2 aliphatic rings. The Morgan fingerprint density at radius 1 is 0.889 bits per heavy atom. The van der Waals surface area contributed by atoms with Gasteiger partial charge in [-0.05, 0) is 36.4 Å². The molecule has 36 heavy (non-hydrogen) atoms. The molecule has 4 N–H and O–H groups in total. The molecule has 1 aliphatic heterocycles. The van der Waals surface area contributed by atoms with E-state index in [0.29, 0.717) is 51.5 Å². The summed E-state index contributed by atoms with van der Waals surface area (Å²) in [5.41, 5.74) is 10.8. The van der Waals surface area contributed by atoms with Crippen LogP contribution in [0.25, 0.3) is 33.4 Å². The fourth-order valence-electron chi connectivity index (χ4n) is 3.65. The maximum Gasteiger partial charge on any atom is 0.230 e. The summed E-state index contributed by atoms with van der Waals surface area (Å²) in [4.78, 5) is 20.6. The second-order valence-corrected chi connectivity index (χ2v) is 8.73. The van der Waals surface area contributed by atoms with Crippen molar-refractivity contribution in [2.45, 2.75) is 4.90 Å². The van der Waals surface area contributed by atoms with Crippen molar-refractivity contribution < 1.29 is 32.1 Å². The van der Waals surface area contributed by atoms with Crippen molar-refractivity contribution in [3.05, 3.63) is 90.6 Å². The maximum atomic E-state index is 12.1. The van der Waals surface area contributed by atoms with Crippen LogP contribution in [-0.2, 0) is 19.7 Å². The highest BCUT2D eigenvalue weighted by molar-refractivity contribution is 7.85. The minimum absolute atomic E-state index is 0.249. The van der Waals surface area contributed by atoms with Gasteiger partial charge < -0.3 is 19.8 Å². The molecule has 0 bridgehead atoms. The molecular formula is C25H20N4O6S. The maximum absolute atomic E-state index is 12.1. The SMILES string of the molecule is O=C/C=C\NNc1ccc2c(-c3ccccc3S(=O)(=O)[O-])c3cc/c(=[NH+]\N/C=C\C=O)cc-3oc2c1. The van der Waals surface area contributed by atoms with E-state index >= 15 is 0 Å². The minimum atomic E-state index is -4.77. The van der Waals surface area contributed by atoms with Crippen LogP contribution >= 0.6 is 0 Å². The Morgan fingerprint density at radius 2 is 1.67 bits per heavy atom. The Morgan fingerprint density at radius 3 is 2.44 bits per heavy atom. The number of nitrogens with one attached hydrogen (secondary N) is 4. The molecule has 0 atom stereocenters. The molecule has 0 saturated carbocycles. The van der Waals surface area contributed by atoms with Gasteiger partial charge in [0, 0.05) is 40.4 Å². The Hall–Kier alpha value is -4.74. The lowest BCUT2D eigenvalue weighted by molar-refractivity contribution is -0.554. The van der Waals surface area contributed by atoms with Gasteiger partial charge in [0.05, 0.1) is 22.8 Å². The van der Waals surface area contributed by atoms with Gasteiger partial charge in [-0.15, -0.1) is 5.10 Å². The second kappa shape index (κ2) is 10.7. The number of hydrazine groups is 2. The molecule has 4 rings (SSSR count). The van der Waals surface area contributed by atoms with Crippen LogP contribution < -0.4 is 26.7 Å². The highest BCUT2D eigenvalue weighted by Gasteiger charge is 2.21. The molecule has 2 aromatic carbocycles. The van der Waals surface area contributed by atoms with Gasteiger partial charge in [-0.1, -0.05) is 18.2 Å². The predicted molar refractivity (Wildman–Crippen MR) is 131 cm³/mol. The first-order chi connectivity index (χ1) is 17.4. The molecule has 2 aromatic rings. The first-order valence-electron chi connectivity index (χ1n) is 10.5. The van der Waals surface area contributed by atoms with Crippen LogP contribution in [0.5, 0.6) is 0 Å².